The van der Waals surface area contributed by atoms with Gasteiger partial charge in [-0.25, -0.2) is 0 Å². The number of carbonyl (C=O) groups is 1. The highest BCUT2D eigenvalue weighted by molar-refractivity contribution is 5.61. The molecular formula is C35H59NO2. The van der Waals surface area contributed by atoms with Gasteiger partial charge in [0.25, 0.3) is 0 Å². The number of hydrogen-bond donors (Lipinski definition) is 1. The molecule has 0 aliphatic carbocycles. The van der Waals surface area contributed by atoms with Gasteiger partial charge in [0.2, 0.25) is 0 Å². The Morgan fingerprint density at radius 2 is 1.47 bits per heavy atom. The number of aldehydes is 1. The minimum Gasteiger partial charge on any atom is -0.303 e. The second kappa shape index (κ2) is 23.9. The Kier molecular flexibility index (Phi) is 23.8. The molecule has 1 aliphatic rings. The first kappa shape index (κ1) is 37.9. The molecule has 0 amide bonds. The third-order valence-corrected chi connectivity index (χ3v) is 5.91. The van der Waals surface area contributed by atoms with Crippen molar-refractivity contribution in [1.82, 2.24) is 5.48 Å². The van der Waals surface area contributed by atoms with E-state index in [9.17, 15) is 4.79 Å². The van der Waals surface area contributed by atoms with Crippen molar-refractivity contribution in [1.29, 1.82) is 0 Å². The van der Waals surface area contributed by atoms with Crippen molar-refractivity contribution in [2.45, 2.75) is 126 Å². The molecule has 0 saturated carbocycles. The van der Waals surface area contributed by atoms with Crippen LogP contribution in [0.3, 0.4) is 0 Å². The molecule has 38 heavy (non-hydrogen) atoms. The minimum absolute atomic E-state index is 0.0717. The maximum Gasteiger partial charge on any atom is 0.119 e. The first-order chi connectivity index (χ1) is 18.3. The molecular weight excluding hydrogens is 466 g/mol. The fourth-order valence-electron chi connectivity index (χ4n) is 4.10. The Bertz CT molecular complexity index is 806. The minimum atomic E-state index is -0.0717. The Labute approximate surface area is 236 Å². The topological polar surface area (TPSA) is 38.3 Å². The summed E-state index contributed by atoms with van der Waals surface area (Å²) in [5.41, 5.74) is 8.09. The van der Waals surface area contributed by atoms with Crippen LogP contribution in [0.15, 0.2) is 61.2 Å². The maximum absolute atomic E-state index is 9.17. The van der Waals surface area contributed by atoms with Gasteiger partial charge in [-0.2, -0.15) is 5.48 Å². The largest absolute Gasteiger partial charge is 0.303 e. The van der Waals surface area contributed by atoms with Crippen LogP contribution < -0.4 is 5.48 Å². The Morgan fingerprint density at radius 1 is 0.974 bits per heavy atom. The summed E-state index contributed by atoms with van der Waals surface area (Å²) in [4.78, 5) is 14.7. The van der Waals surface area contributed by atoms with Gasteiger partial charge in [-0.15, -0.1) is 0 Å². The molecule has 1 saturated heterocycles. The quantitative estimate of drug-likeness (QED) is 0.331. The van der Waals surface area contributed by atoms with Crippen molar-refractivity contribution in [2.75, 3.05) is 0 Å². The lowest BCUT2D eigenvalue weighted by Gasteiger charge is -2.14. The summed E-state index contributed by atoms with van der Waals surface area (Å²) < 4.78 is 0. The van der Waals surface area contributed by atoms with Gasteiger partial charge >= 0.3 is 0 Å². The van der Waals surface area contributed by atoms with Crippen LogP contribution in [-0.4, -0.2) is 11.9 Å². The van der Waals surface area contributed by atoms with Crippen molar-refractivity contribution in [3.05, 3.63) is 77.9 Å². The van der Waals surface area contributed by atoms with Crippen LogP contribution in [0.2, 0.25) is 0 Å². The second-order valence-corrected chi connectivity index (χ2v) is 9.85. The molecule has 2 aromatic carbocycles. The average molecular weight is 526 g/mol. The Hall–Kier alpha value is -2.23. The summed E-state index contributed by atoms with van der Waals surface area (Å²) >= 11 is 0. The summed E-state index contributed by atoms with van der Waals surface area (Å²) in [5, 5.41) is 0. The lowest BCUT2D eigenvalue weighted by atomic mass is 9.91. The van der Waals surface area contributed by atoms with Crippen LogP contribution >= 0.6 is 0 Å². The fourth-order valence-corrected chi connectivity index (χ4v) is 4.10. The predicted octanol–water partition coefficient (Wildman–Crippen LogP) is 10.6. The van der Waals surface area contributed by atoms with Crippen LogP contribution in [0.1, 0.15) is 130 Å². The zero-order chi connectivity index (χ0) is 29.4. The van der Waals surface area contributed by atoms with Crippen molar-refractivity contribution in [3.63, 3.8) is 0 Å². The zero-order valence-corrected chi connectivity index (χ0v) is 26.4. The summed E-state index contributed by atoms with van der Waals surface area (Å²) in [6.07, 6.45) is 9.17. The van der Waals surface area contributed by atoms with Crippen LogP contribution in [0.5, 0.6) is 0 Å². The van der Waals surface area contributed by atoms with Crippen LogP contribution in [0.4, 0.5) is 0 Å². The number of hydroxylamine groups is 1. The summed E-state index contributed by atoms with van der Waals surface area (Å²) in [6.45, 7) is 24.5. The maximum atomic E-state index is 9.17. The lowest BCUT2D eigenvalue weighted by Crippen LogP contribution is -2.19. The fraction of sp³-hybridized carbons (Fsp3) is 0.571. The van der Waals surface area contributed by atoms with Crippen molar-refractivity contribution < 1.29 is 9.63 Å². The van der Waals surface area contributed by atoms with E-state index in [0.29, 0.717) is 12.5 Å². The van der Waals surface area contributed by atoms with E-state index < -0.39 is 0 Å². The van der Waals surface area contributed by atoms with Gasteiger partial charge in [-0.05, 0) is 56.2 Å². The summed E-state index contributed by atoms with van der Waals surface area (Å²) in [5.74, 6) is 0.896. The standard InChI is InChI=1S/C14H19NO.C14H22.C3H6O.2C2H6/c1-10(2)11-5-7-12(8-6-11)13-9-14(3,4)16-15-13;1-3-8-13(9-4-2)12-14-10-6-5-7-11-14;1-2-3-4;2*1-2/h5-8,13,15H,1,9H2,2-4H3;5-7,10-11,13H,3-4,8-9,12H2,1-2H3;3H,2H2,1H3;2*1-2H3. The molecule has 1 atom stereocenters. The molecule has 0 spiro atoms. The number of rotatable bonds is 9. The van der Waals surface area contributed by atoms with Crippen LogP contribution in [0.25, 0.3) is 5.57 Å². The monoisotopic (exact) mass is 525 g/mol. The van der Waals surface area contributed by atoms with Gasteiger partial charge in [-0.1, -0.05) is 141 Å². The van der Waals surface area contributed by atoms with E-state index in [1.807, 2.05) is 41.5 Å². The van der Waals surface area contributed by atoms with Gasteiger partial charge in [0.05, 0.1) is 11.6 Å². The Balaban J connectivity index is 0. The van der Waals surface area contributed by atoms with E-state index in [1.54, 1.807) is 0 Å². The molecule has 1 N–H and O–H groups in total. The van der Waals surface area contributed by atoms with E-state index in [0.717, 1.165) is 24.2 Å². The second-order valence-electron chi connectivity index (χ2n) is 9.85. The number of hydrogen-bond acceptors (Lipinski definition) is 3. The molecule has 3 heteroatoms. The molecule has 1 unspecified atom stereocenters. The van der Waals surface area contributed by atoms with E-state index in [1.165, 1.54) is 48.8 Å². The first-order valence-electron chi connectivity index (χ1n) is 14.9. The van der Waals surface area contributed by atoms with Gasteiger partial charge in [0.15, 0.2) is 0 Å². The normalized spacial score (nSPS) is 14.8. The molecule has 3 rings (SSSR count). The van der Waals surface area contributed by atoms with Crippen LogP contribution in [0, 0.1) is 5.92 Å². The lowest BCUT2D eigenvalue weighted by molar-refractivity contribution is -0.107. The van der Waals surface area contributed by atoms with E-state index in [-0.39, 0.29) is 5.60 Å². The third kappa shape index (κ3) is 17.3. The number of nitrogens with one attached hydrogen (secondary N) is 1. The zero-order valence-electron chi connectivity index (χ0n) is 26.4. The molecule has 0 radical (unpaired) electrons. The molecule has 1 heterocycles. The van der Waals surface area contributed by atoms with Gasteiger partial charge in [0.1, 0.15) is 6.29 Å². The van der Waals surface area contributed by atoms with Gasteiger partial charge < -0.3 is 4.79 Å². The molecule has 216 valence electrons. The highest BCUT2D eigenvalue weighted by atomic mass is 16.7. The molecule has 1 aliphatic heterocycles. The smallest absolute Gasteiger partial charge is 0.119 e. The van der Waals surface area contributed by atoms with Crippen molar-refractivity contribution in [2.24, 2.45) is 5.92 Å². The number of benzene rings is 2. The van der Waals surface area contributed by atoms with E-state index >= 15 is 0 Å². The first-order valence-corrected chi connectivity index (χ1v) is 14.9. The highest BCUT2D eigenvalue weighted by Crippen LogP contribution is 2.32. The molecule has 2 aromatic rings. The molecule has 3 nitrogen and oxygen atoms in total. The van der Waals surface area contributed by atoms with Crippen LogP contribution in [-0.2, 0) is 16.1 Å². The van der Waals surface area contributed by atoms with E-state index in [4.69, 9.17) is 4.84 Å². The summed E-state index contributed by atoms with van der Waals surface area (Å²) in [7, 11) is 0. The van der Waals surface area contributed by atoms with Crippen molar-refractivity contribution in [3.8, 4) is 0 Å². The van der Waals surface area contributed by atoms with Gasteiger partial charge in [0, 0.05) is 6.42 Å². The summed E-state index contributed by atoms with van der Waals surface area (Å²) in [6, 6.07) is 19.7. The van der Waals surface area contributed by atoms with E-state index in [2.05, 4.69) is 94.4 Å². The molecule has 0 bridgehead atoms. The number of allylic oxidation sites excluding steroid dienone is 1. The highest BCUT2D eigenvalue weighted by Gasteiger charge is 2.32. The SMILES string of the molecule is C=C(C)c1ccc(C2CC(C)(C)ON2)cc1.CC.CC.CCC=O.CCCC(CCC)Cc1ccccc1. The average Bonchev–Trinajstić information content (AvgIpc) is 3.32. The Morgan fingerprint density at radius 3 is 1.84 bits per heavy atom. The molecule has 1 fully saturated rings. The molecule has 0 aromatic heterocycles. The number of carbonyl (C=O) groups excluding carboxylic acids is 1. The third-order valence-electron chi connectivity index (χ3n) is 5.91. The predicted molar refractivity (Wildman–Crippen MR) is 169 cm³/mol. The van der Waals surface area contributed by atoms with Gasteiger partial charge in [-0.3, -0.25) is 4.84 Å². The van der Waals surface area contributed by atoms with Crippen molar-refractivity contribution >= 4 is 11.9 Å².